The van der Waals surface area contributed by atoms with Gasteiger partial charge in [0.2, 0.25) is 0 Å². The van der Waals surface area contributed by atoms with E-state index in [-0.39, 0.29) is 0 Å². The Morgan fingerprint density at radius 2 is 1.33 bits per heavy atom. The minimum absolute atomic E-state index is 0.896. The van der Waals surface area contributed by atoms with Crippen molar-refractivity contribution in [1.82, 2.24) is 0 Å². The predicted octanol–water partition coefficient (Wildman–Crippen LogP) is 9.37. The maximum absolute atomic E-state index is 4.56. The average Bonchev–Trinajstić information content (AvgIpc) is 3.50. The van der Waals surface area contributed by atoms with Crippen molar-refractivity contribution in [3.05, 3.63) is 125 Å². The summed E-state index contributed by atoms with van der Waals surface area (Å²) < 4.78 is 0. The number of fused-ring (bicyclic) bond motifs is 3. The Bertz CT molecular complexity index is 1480. The van der Waals surface area contributed by atoms with E-state index in [0.717, 1.165) is 22.6 Å². The van der Waals surface area contributed by atoms with Crippen LogP contribution in [0.2, 0.25) is 0 Å². The van der Waals surface area contributed by atoms with Crippen LogP contribution in [0.5, 0.6) is 0 Å². The Labute approximate surface area is 240 Å². The summed E-state index contributed by atoms with van der Waals surface area (Å²) >= 11 is 4.56. The predicted molar refractivity (Wildman–Crippen MR) is 174 cm³/mol. The first kappa shape index (κ1) is 28.5. The summed E-state index contributed by atoms with van der Waals surface area (Å²) in [7, 11) is 0. The molecule has 0 amide bonds. The molecule has 1 heteroatoms. The highest BCUT2D eigenvalue weighted by atomic mass is 32.1. The molecule has 1 fully saturated rings. The maximum Gasteiger partial charge on any atom is 0.0321 e. The molecule has 7 rings (SSSR count). The van der Waals surface area contributed by atoms with Crippen molar-refractivity contribution < 1.29 is 0 Å². The Hall–Kier alpha value is -3.47. The maximum atomic E-state index is 4.56. The Morgan fingerprint density at radius 3 is 2.05 bits per heavy atom. The zero-order valence-electron chi connectivity index (χ0n) is 23.4. The van der Waals surface area contributed by atoms with Crippen molar-refractivity contribution >= 4 is 46.3 Å². The van der Waals surface area contributed by atoms with Crippen LogP contribution in [0.15, 0.2) is 102 Å². The van der Waals surface area contributed by atoms with Crippen LogP contribution in [-0.4, -0.2) is 0 Å². The molecular formula is C38H40S. The third kappa shape index (κ3) is 8.01. The lowest BCUT2D eigenvalue weighted by Gasteiger charge is -2.22. The van der Waals surface area contributed by atoms with Gasteiger partial charge in [-0.3, -0.25) is 0 Å². The third-order valence-electron chi connectivity index (χ3n) is 7.41. The lowest BCUT2D eigenvalue weighted by atomic mass is 9.84. The molecule has 5 aromatic carbocycles. The molecule has 39 heavy (non-hydrogen) atoms. The smallest absolute Gasteiger partial charge is 0.0321 e. The summed E-state index contributed by atoms with van der Waals surface area (Å²) in [5.41, 5.74) is 1.51. The molecule has 2 aliphatic rings. The van der Waals surface area contributed by atoms with Gasteiger partial charge in [-0.25, -0.2) is 0 Å². The molecule has 0 saturated heterocycles. The van der Waals surface area contributed by atoms with Crippen LogP contribution < -0.4 is 10.4 Å². The van der Waals surface area contributed by atoms with E-state index >= 15 is 0 Å². The lowest BCUT2D eigenvalue weighted by Crippen LogP contribution is -2.19. The van der Waals surface area contributed by atoms with Crippen molar-refractivity contribution in [3.63, 3.8) is 0 Å². The van der Waals surface area contributed by atoms with Crippen molar-refractivity contribution in [3.8, 4) is 0 Å². The zero-order chi connectivity index (χ0) is 27.3. The molecule has 1 saturated carbocycles. The molecular weight excluding hydrogens is 488 g/mol. The monoisotopic (exact) mass is 528 g/mol. The first-order chi connectivity index (χ1) is 19.3. The normalized spacial score (nSPS) is 13.6. The highest BCUT2D eigenvalue weighted by molar-refractivity contribution is 7.80. The number of thiol groups is 1. The van der Waals surface area contributed by atoms with Crippen LogP contribution >= 0.6 is 12.6 Å². The fourth-order valence-electron chi connectivity index (χ4n) is 5.43. The quantitative estimate of drug-likeness (QED) is 0.217. The van der Waals surface area contributed by atoms with E-state index in [1.807, 2.05) is 44.2 Å². The van der Waals surface area contributed by atoms with Crippen LogP contribution in [0.3, 0.4) is 0 Å². The second kappa shape index (κ2) is 15.2. The van der Waals surface area contributed by atoms with Gasteiger partial charge in [0.1, 0.15) is 0 Å². The highest BCUT2D eigenvalue weighted by Crippen LogP contribution is 2.31. The van der Waals surface area contributed by atoms with Gasteiger partial charge >= 0.3 is 0 Å². The fraction of sp³-hybridized carbons (Fsp3) is 0.263. The van der Waals surface area contributed by atoms with Crippen LogP contribution in [0, 0.1) is 18.1 Å². The minimum Gasteiger partial charge on any atom is -0.143 e. The number of hydrogen-bond donors (Lipinski definition) is 1. The zero-order valence-corrected chi connectivity index (χ0v) is 24.3. The van der Waals surface area contributed by atoms with E-state index in [0.29, 0.717) is 0 Å². The Balaban J connectivity index is 0.000000142. The summed E-state index contributed by atoms with van der Waals surface area (Å²) in [5, 5.41) is 7.82. The van der Waals surface area contributed by atoms with Gasteiger partial charge < -0.3 is 0 Å². The molecule has 5 aromatic rings. The summed E-state index contributed by atoms with van der Waals surface area (Å²) in [4.78, 5) is 1.10. The van der Waals surface area contributed by atoms with Crippen LogP contribution in [-0.2, 0) is 6.42 Å². The summed E-state index contributed by atoms with van der Waals surface area (Å²) in [6.45, 7) is 4.00. The second-order valence-corrected chi connectivity index (χ2v) is 10.4. The van der Waals surface area contributed by atoms with Gasteiger partial charge in [0, 0.05) is 10.3 Å². The van der Waals surface area contributed by atoms with Crippen LogP contribution in [0.1, 0.15) is 57.9 Å². The number of rotatable bonds is 2. The second-order valence-electron chi connectivity index (χ2n) is 9.96. The van der Waals surface area contributed by atoms with Crippen LogP contribution in [0.25, 0.3) is 33.7 Å². The van der Waals surface area contributed by atoms with Crippen molar-refractivity contribution in [2.75, 3.05) is 0 Å². The van der Waals surface area contributed by atoms with Gasteiger partial charge in [-0.2, -0.15) is 0 Å². The first-order valence-electron chi connectivity index (χ1n) is 14.5. The Morgan fingerprint density at radius 1 is 0.692 bits per heavy atom. The van der Waals surface area contributed by atoms with E-state index < -0.39 is 0 Å². The largest absolute Gasteiger partial charge is 0.143 e. The minimum atomic E-state index is 0.896. The van der Waals surface area contributed by atoms with E-state index in [9.17, 15) is 0 Å². The third-order valence-corrected chi connectivity index (χ3v) is 7.80. The SMILES string of the molecule is C1=c2ccccc2=CC1.CC.Sc1ccc(CC2CCCCC2)c2ccccc12.c1ccc2ccccc2c#1. The van der Waals surface area contributed by atoms with Gasteiger partial charge in [-0.05, 0) is 75.2 Å². The van der Waals surface area contributed by atoms with Crippen molar-refractivity contribution in [1.29, 1.82) is 0 Å². The van der Waals surface area contributed by atoms with Crippen LogP contribution in [0.4, 0.5) is 0 Å². The van der Waals surface area contributed by atoms with Crippen molar-refractivity contribution in [2.24, 2.45) is 5.92 Å². The van der Waals surface area contributed by atoms with Gasteiger partial charge in [0.25, 0.3) is 0 Å². The van der Waals surface area contributed by atoms with Gasteiger partial charge in [0.05, 0.1) is 0 Å². The molecule has 198 valence electrons. The summed E-state index contributed by atoms with van der Waals surface area (Å²) in [5.74, 6) is 0.896. The molecule has 0 aromatic heterocycles. The molecule has 0 unspecified atom stereocenters. The summed E-state index contributed by atoms with van der Waals surface area (Å²) in [6.07, 6.45) is 14.0. The molecule has 0 radical (unpaired) electrons. The van der Waals surface area contributed by atoms with Gasteiger partial charge in [-0.15, -0.1) is 12.6 Å². The van der Waals surface area contributed by atoms with E-state index in [1.54, 1.807) is 0 Å². The molecule has 0 atom stereocenters. The van der Waals surface area contributed by atoms with Gasteiger partial charge in [0.15, 0.2) is 0 Å². The van der Waals surface area contributed by atoms with E-state index in [1.165, 1.54) is 70.7 Å². The molecule has 2 aliphatic carbocycles. The molecule has 0 heterocycles. The molecule has 0 nitrogen and oxygen atoms in total. The molecule has 0 N–H and O–H groups in total. The van der Waals surface area contributed by atoms with E-state index in [4.69, 9.17) is 0 Å². The van der Waals surface area contributed by atoms with Gasteiger partial charge in [-0.1, -0.05) is 143 Å². The standard InChI is InChI=1S/C17H20S.C10H6.C9H8.C2H6/c18-17-11-10-14(12-13-6-2-1-3-7-13)15-8-4-5-9-16(15)17;1-2-6-10-8-4-3-7-9(10)5-1;1-2-5-9-7-3-6-8(9)4-1;1-2/h4-5,8-11,13,18H,1-3,6-7,12H2;1-3,5-7H;1-2,4-7H,3H2;1-2H3. The van der Waals surface area contributed by atoms with E-state index in [2.05, 4.69) is 104 Å². The summed E-state index contributed by atoms with van der Waals surface area (Å²) in [6, 6.07) is 39.5. The Kier molecular flexibility index (Phi) is 11.1. The van der Waals surface area contributed by atoms with Crippen molar-refractivity contribution in [2.45, 2.75) is 63.7 Å². The topological polar surface area (TPSA) is 0 Å². The molecule has 0 spiro atoms. The number of benzene rings is 4. The first-order valence-corrected chi connectivity index (χ1v) is 14.9. The average molecular weight is 529 g/mol. The molecule has 0 aliphatic heterocycles. The lowest BCUT2D eigenvalue weighted by molar-refractivity contribution is 0.357. The highest BCUT2D eigenvalue weighted by Gasteiger charge is 2.15. The number of hydrogen-bond acceptors (Lipinski definition) is 1. The fourth-order valence-corrected chi connectivity index (χ4v) is 5.70. The molecule has 0 bridgehead atoms.